The van der Waals surface area contributed by atoms with Crippen molar-refractivity contribution >= 4 is 11.7 Å². The fourth-order valence-corrected chi connectivity index (χ4v) is 4.76. The summed E-state index contributed by atoms with van der Waals surface area (Å²) < 4.78 is 38.5. The Hall–Kier alpha value is -3.50. The quantitative estimate of drug-likeness (QED) is 0.645. The van der Waals surface area contributed by atoms with Crippen LogP contribution in [0.3, 0.4) is 0 Å². The third-order valence-electron chi connectivity index (χ3n) is 6.31. The zero-order valence-corrected chi connectivity index (χ0v) is 17.8. The Morgan fingerprint density at radius 2 is 1.91 bits per heavy atom. The average Bonchev–Trinajstić information content (AvgIpc) is 3.33. The van der Waals surface area contributed by atoms with E-state index in [-0.39, 0.29) is 23.7 Å². The predicted molar refractivity (Wildman–Crippen MR) is 113 cm³/mol. The number of amides is 1. The van der Waals surface area contributed by atoms with Gasteiger partial charge in [-0.1, -0.05) is 0 Å². The molecular formula is C22H22F3N7O. The lowest BCUT2D eigenvalue weighted by Crippen LogP contribution is -2.60. The number of nitrogens with zero attached hydrogens (tertiary/aromatic N) is 6. The van der Waals surface area contributed by atoms with Gasteiger partial charge in [0.2, 0.25) is 0 Å². The van der Waals surface area contributed by atoms with Crippen LogP contribution in [0.15, 0.2) is 42.9 Å². The minimum atomic E-state index is -4.43. The molecule has 2 saturated heterocycles. The highest BCUT2D eigenvalue weighted by Gasteiger charge is 2.44. The van der Waals surface area contributed by atoms with Gasteiger partial charge in [0.05, 0.1) is 24.0 Å². The molecule has 172 valence electrons. The van der Waals surface area contributed by atoms with Gasteiger partial charge in [0.1, 0.15) is 11.5 Å². The maximum atomic E-state index is 13.6. The number of alkyl halides is 3. The first kappa shape index (κ1) is 21.4. The molecule has 33 heavy (non-hydrogen) atoms. The van der Waals surface area contributed by atoms with Gasteiger partial charge in [-0.05, 0) is 56.4 Å². The van der Waals surface area contributed by atoms with Crippen molar-refractivity contribution < 1.29 is 18.0 Å². The van der Waals surface area contributed by atoms with Crippen LogP contribution in [-0.2, 0) is 6.18 Å². The molecule has 8 nitrogen and oxygen atoms in total. The van der Waals surface area contributed by atoms with Crippen LogP contribution < -0.4 is 5.32 Å². The fraction of sp³-hybridized carbons (Fsp3) is 0.409. The number of fused-ring (bicyclic) bond motifs is 3. The van der Waals surface area contributed by atoms with Crippen molar-refractivity contribution in [3.8, 4) is 5.69 Å². The highest BCUT2D eigenvalue weighted by Crippen LogP contribution is 2.38. The van der Waals surface area contributed by atoms with Crippen LogP contribution in [0.25, 0.3) is 5.69 Å². The fourth-order valence-electron chi connectivity index (χ4n) is 4.76. The van der Waals surface area contributed by atoms with Gasteiger partial charge in [0.15, 0.2) is 5.69 Å². The van der Waals surface area contributed by atoms with Gasteiger partial charge in [-0.2, -0.15) is 23.4 Å². The van der Waals surface area contributed by atoms with Gasteiger partial charge < -0.3 is 10.2 Å². The number of rotatable bonds is 4. The van der Waals surface area contributed by atoms with Crippen molar-refractivity contribution in [2.24, 2.45) is 5.92 Å². The minimum absolute atomic E-state index is 0.109. The van der Waals surface area contributed by atoms with Gasteiger partial charge in [-0.3, -0.25) is 4.79 Å². The van der Waals surface area contributed by atoms with Crippen molar-refractivity contribution in [3.05, 3.63) is 59.8 Å². The molecule has 6 rings (SSSR count). The molecule has 0 aromatic carbocycles. The van der Waals surface area contributed by atoms with Crippen molar-refractivity contribution in [3.63, 3.8) is 0 Å². The lowest BCUT2D eigenvalue weighted by atomic mass is 9.76. The standard InChI is InChI=1S/C22H22F3N7O/c1-13-2-5-18(32-27-8-9-28-32)20(29-13)21(33)31-12-14-3-6-17(31)16(10-14)30-19-7-4-15(11-26-19)22(23,24)25/h2,4-5,7-9,11,14,16-17H,3,6,10,12H2,1H3,(H,26,30)/t14-,16-,17+/m1/s1. The Labute approximate surface area is 187 Å². The van der Waals surface area contributed by atoms with Crippen molar-refractivity contribution in [1.82, 2.24) is 29.9 Å². The lowest BCUT2D eigenvalue weighted by molar-refractivity contribution is -0.137. The van der Waals surface area contributed by atoms with E-state index >= 15 is 0 Å². The largest absolute Gasteiger partial charge is 0.417 e. The normalized spacial score (nSPS) is 22.4. The zero-order chi connectivity index (χ0) is 23.2. The van der Waals surface area contributed by atoms with Crippen LogP contribution >= 0.6 is 0 Å². The molecule has 0 spiro atoms. The summed E-state index contributed by atoms with van der Waals surface area (Å²) in [5, 5.41) is 11.5. The molecule has 1 amide bonds. The maximum Gasteiger partial charge on any atom is 0.417 e. The number of carbonyl (C=O) groups is 1. The van der Waals surface area contributed by atoms with Gasteiger partial charge in [0, 0.05) is 24.5 Å². The minimum Gasteiger partial charge on any atom is -0.365 e. The van der Waals surface area contributed by atoms with Crippen molar-refractivity contribution in [2.75, 3.05) is 11.9 Å². The summed E-state index contributed by atoms with van der Waals surface area (Å²) in [6.45, 7) is 2.43. The van der Waals surface area contributed by atoms with E-state index in [1.165, 1.54) is 23.3 Å². The van der Waals surface area contributed by atoms with Gasteiger partial charge in [-0.25, -0.2) is 9.97 Å². The Kier molecular flexibility index (Phi) is 5.26. The number of hydrogen-bond donors (Lipinski definition) is 1. The number of halogens is 3. The van der Waals surface area contributed by atoms with Crippen LogP contribution in [0.4, 0.5) is 19.0 Å². The Balaban J connectivity index is 1.39. The van der Waals surface area contributed by atoms with Crippen molar-refractivity contribution in [1.29, 1.82) is 0 Å². The van der Waals surface area contributed by atoms with E-state index in [0.717, 1.165) is 31.5 Å². The summed E-state index contributed by atoms with van der Waals surface area (Å²) in [6.07, 6.45) is 2.10. The Morgan fingerprint density at radius 3 is 2.58 bits per heavy atom. The first-order valence-electron chi connectivity index (χ1n) is 10.7. The Morgan fingerprint density at radius 1 is 1.12 bits per heavy atom. The maximum absolute atomic E-state index is 13.6. The van der Waals surface area contributed by atoms with Gasteiger partial charge in [0.25, 0.3) is 5.91 Å². The topological polar surface area (TPSA) is 88.8 Å². The molecular weight excluding hydrogens is 435 g/mol. The first-order valence-corrected chi connectivity index (χ1v) is 10.7. The zero-order valence-electron chi connectivity index (χ0n) is 17.8. The van der Waals surface area contributed by atoms with E-state index in [9.17, 15) is 18.0 Å². The number of pyridine rings is 2. The number of piperidine rings is 2. The number of nitrogens with one attached hydrogen (secondary N) is 1. The average molecular weight is 457 g/mol. The molecule has 5 heterocycles. The summed E-state index contributed by atoms with van der Waals surface area (Å²) in [5.74, 6) is 0.456. The summed E-state index contributed by atoms with van der Waals surface area (Å²) in [5.41, 5.74) is 0.705. The molecule has 3 aliphatic rings. The molecule has 2 bridgehead atoms. The number of anilines is 1. The lowest BCUT2D eigenvalue weighted by Gasteiger charge is -2.50. The van der Waals surface area contributed by atoms with Crippen LogP contribution in [0, 0.1) is 12.8 Å². The van der Waals surface area contributed by atoms with Gasteiger partial charge in [-0.15, -0.1) is 4.80 Å². The highest BCUT2D eigenvalue weighted by molar-refractivity contribution is 5.96. The number of aryl methyl sites for hydroxylation is 1. The molecule has 3 aromatic rings. The predicted octanol–water partition coefficient (Wildman–Crippen LogP) is 3.49. The Bertz CT molecular complexity index is 1150. The van der Waals surface area contributed by atoms with E-state index in [1.807, 2.05) is 11.8 Å². The van der Waals surface area contributed by atoms with Crippen LogP contribution in [-0.4, -0.2) is 54.4 Å². The number of hydrogen-bond acceptors (Lipinski definition) is 6. The third kappa shape index (κ3) is 4.14. The van der Waals surface area contributed by atoms with Crippen LogP contribution in [0.5, 0.6) is 0 Å². The molecule has 0 unspecified atom stereocenters. The van der Waals surface area contributed by atoms with E-state index < -0.39 is 11.7 Å². The second kappa shape index (κ2) is 8.13. The molecule has 2 aliphatic heterocycles. The molecule has 3 atom stereocenters. The summed E-state index contributed by atoms with van der Waals surface area (Å²) in [6, 6.07) is 5.70. The molecule has 0 radical (unpaired) electrons. The summed E-state index contributed by atoms with van der Waals surface area (Å²) in [4.78, 5) is 25.3. The van der Waals surface area contributed by atoms with Crippen molar-refractivity contribution in [2.45, 2.75) is 44.4 Å². The molecule has 1 saturated carbocycles. The molecule has 11 heteroatoms. The van der Waals surface area contributed by atoms with E-state index in [4.69, 9.17) is 0 Å². The monoisotopic (exact) mass is 457 g/mol. The second-order valence-corrected chi connectivity index (χ2v) is 8.52. The number of aromatic nitrogens is 5. The van der Waals surface area contributed by atoms with E-state index in [2.05, 4.69) is 25.5 Å². The van der Waals surface area contributed by atoms with Gasteiger partial charge >= 0.3 is 6.18 Å². The molecule has 1 N–H and O–H groups in total. The molecule has 1 aliphatic carbocycles. The second-order valence-electron chi connectivity index (χ2n) is 8.52. The third-order valence-corrected chi connectivity index (χ3v) is 6.31. The highest BCUT2D eigenvalue weighted by atomic mass is 19.4. The van der Waals surface area contributed by atoms with Crippen LogP contribution in [0.1, 0.15) is 41.0 Å². The molecule has 3 fully saturated rings. The number of carbonyl (C=O) groups excluding carboxylic acids is 1. The summed E-state index contributed by atoms with van der Waals surface area (Å²) in [7, 11) is 0. The smallest absolute Gasteiger partial charge is 0.365 e. The van der Waals surface area contributed by atoms with Crippen LogP contribution in [0.2, 0.25) is 0 Å². The van der Waals surface area contributed by atoms with E-state index in [1.54, 1.807) is 12.1 Å². The first-order chi connectivity index (χ1) is 15.8. The molecule has 3 aromatic heterocycles. The SMILES string of the molecule is Cc1ccc(-n2nccn2)c(C(=O)N2C[C@@H]3CC[C@H]2[C@H](Nc2ccc(C(F)(F)F)cn2)C3)n1. The summed E-state index contributed by atoms with van der Waals surface area (Å²) >= 11 is 0. The van der Waals surface area contributed by atoms with E-state index in [0.29, 0.717) is 29.7 Å².